The molecule has 0 aliphatic carbocycles. The number of hydrogen-bond donors (Lipinski definition) is 1. The lowest BCUT2D eigenvalue weighted by molar-refractivity contribution is -0.117. The summed E-state index contributed by atoms with van der Waals surface area (Å²) in [5, 5.41) is 17.1. The minimum absolute atomic E-state index is 0.0153. The van der Waals surface area contributed by atoms with E-state index < -0.39 is 5.91 Å². The molecule has 0 bridgehead atoms. The van der Waals surface area contributed by atoms with Gasteiger partial charge in [0, 0.05) is 37.6 Å². The van der Waals surface area contributed by atoms with Crippen molar-refractivity contribution in [1.29, 1.82) is 5.26 Å². The van der Waals surface area contributed by atoms with Gasteiger partial charge in [-0.15, -0.1) is 0 Å². The first-order chi connectivity index (χ1) is 15.6. The Kier molecular flexibility index (Phi) is 7.79. The van der Waals surface area contributed by atoms with Gasteiger partial charge in [-0.2, -0.15) is 10.4 Å². The molecular formula is C25H26N4O3. The summed E-state index contributed by atoms with van der Waals surface area (Å²) in [5.41, 5.74) is 4.05. The van der Waals surface area contributed by atoms with Gasteiger partial charge in [-0.3, -0.25) is 4.79 Å². The summed E-state index contributed by atoms with van der Waals surface area (Å²) in [6.07, 6.45) is 4.07. The van der Waals surface area contributed by atoms with Gasteiger partial charge in [0.1, 0.15) is 23.1 Å². The Balaban J connectivity index is 2.02. The number of aromatic nitrogens is 2. The third kappa shape index (κ3) is 5.42. The topological polar surface area (TPSA) is 89.2 Å². The van der Waals surface area contributed by atoms with Gasteiger partial charge in [-0.05, 0) is 55.3 Å². The molecular weight excluding hydrogens is 404 g/mol. The van der Waals surface area contributed by atoms with Crippen LogP contribution in [-0.4, -0.2) is 43.1 Å². The van der Waals surface area contributed by atoms with Crippen molar-refractivity contribution in [2.75, 3.05) is 27.4 Å². The van der Waals surface area contributed by atoms with E-state index in [0.717, 1.165) is 22.6 Å². The quantitative estimate of drug-likeness (QED) is 0.316. The van der Waals surface area contributed by atoms with Gasteiger partial charge in [0.2, 0.25) is 0 Å². The van der Waals surface area contributed by atoms with Crippen molar-refractivity contribution < 1.29 is 14.3 Å². The molecule has 2 aromatic carbocycles. The number of nitriles is 1. The van der Waals surface area contributed by atoms with Crippen LogP contribution in [0.2, 0.25) is 0 Å². The van der Waals surface area contributed by atoms with E-state index in [-0.39, 0.29) is 5.57 Å². The predicted octanol–water partition coefficient (Wildman–Crippen LogP) is 3.92. The lowest BCUT2D eigenvalue weighted by Crippen LogP contribution is -2.26. The second kappa shape index (κ2) is 10.9. The van der Waals surface area contributed by atoms with E-state index >= 15 is 0 Å². The van der Waals surface area contributed by atoms with Crippen LogP contribution >= 0.6 is 0 Å². The highest BCUT2D eigenvalue weighted by atomic mass is 16.5. The fourth-order valence-electron chi connectivity index (χ4n) is 3.27. The van der Waals surface area contributed by atoms with Crippen LogP contribution in [0.15, 0.2) is 60.3 Å². The molecule has 1 heterocycles. The molecule has 0 radical (unpaired) electrons. The minimum atomic E-state index is -0.423. The maximum Gasteiger partial charge on any atom is 0.261 e. The van der Waals surface area contributed by atoms with Crippen LogP contribution < -0.4 is 10.1 Å². The van der Waals surface area contributed by atoms with Crippen LogP contribution in [0.1, 0.15) is 17.5 Å². The molecule has 32 heavy (non-hydrogen) atoms. The van der Waals surface area contributed by atoms with Crippen LogP contribution in [0.5, 0.6) is 5.75 Å². The standard InChI is InChI=1S/C25H26N4O3/c1-18-14-19(10-11-23(18)32-3)24-21(17-29(28-24)22-8-5-4-6-9-22)15-20(16-26)25(30)27-12-7-13-31-2/h4-6,8-11,14-15,17H,7,12-13H2,1-3H3,(H,27,30)/b20-15+. The van der Waals surface area contributed by atoms with Crippen molar-refractivity contribution in [2.45, 2.75) is 13.3 Å². The molecule has 0 saturated carbocycles. The molecule has 1 N–H and O–H groups in total. The Morgan fingerprint density at radius 3 is 2.66 bits per heavy atom. The molecule has 1 amide bonds. The average Bonchev–Trinajstić information content (AvgIpc) is 3.24. The molecule has 0 spiro atoms. The van der Waals surface area contributed by atoms with Crippen LogP contribution in [0.3, 0.4) is 0 Å². The maximum absolute atomic E-state index is 12.5. The fraction of sp³-hybridized carbons (Fsp3) is 0.240. The molecule has 0 atom stereocenters. The van der Waals surface area contributed by atoms with E-state index in [1.165, 1.54) is 0 Å². The van der Waals surface area contributed by atoms with Crippen LogP contribution in [-0.2, 0) is 9.53 Å². The largest absolute Gasteiger partial charge is 0.496 e. The number of para-hydroxylation sites is 1. The first-order valence-corrected chi connectivity index (χ1v) is 10.3. The summed E-state index contributed by atoms with van der Waals surface area (Å²) in [6, 6.07) is 17.5. The van der Waals surface area contributed by atoms with Gasteiger partial charge < -0.3 is 14.8 Å². The number of amides is 1. The number of carbonyl (C=O) groups excluding carboxylic acids is 1. The molecule has 3 aromatic rings. The number of benzene rings is 2. The van der Waals surface area contributed by atoms with Crippen LogP contribution in [0, 0.1) is 18.3 Å². The van der Waals surface area contributed by atoms with Crippen LogP contribution in [0.4, 0.5) is 0 Å². The molecule has 7 nitrogen and oxygen atoms in total. The van der Waals surface area contributed by atoms with E-state index in [1.807, 2.05) is 67.7 Å². The fourth-order valence-corrected chi connectivity index (χ4v) is 3.27. The first-order valence-electron chi connectivity index (χ1n) is 10.3. The Morgan fingerprint density at radius 1 is 1.22 bits per heavy atom. The number of carbonyl (C=O) groups is 1. The molecule has 1 aromatic heterocycles. The first kappa shape index (κ1) is 22.8. The predicted molar refractivity (Wildman–Crippen MR) is 123 cm³/mol. The highest BCUT2D eigenvalue weighted by Gasteiger charge is 2.16. The number of nitrogens with zero attached hydrogens (tertiary/aromatic N) is 3. The average molecular weight is 431 g/mol. The van der Waals surface area contributed by atoms with Gasteiger partial charge in [-0.25, -0.2) is 4.68 Å². The van der Waals surface area contributed by atoms with Gasteiger partial charge in [0.15, 0.2) is 0 Å². The smallest absolute Gasteiger partial charge is 0.261 e. The second-order valence-corrected chi connectivity index (χ2v) is 7.17. The molecule has 7 heteroatoms. The number of nitrogens with one attached hydrogen (secondary N) is 1. The molecule has 0 saturated heterocycles. The summed E-state index contributed by atoms with van der Waals surface area (Å²) in [4.78, 5) is 12.5. The molecule has 0 fully saturated rings. The highest BCUT2D eigenvalue weighted by molar-refractivity contribution is 6.02. The normalized spacial score (nSPS) is 11.1. The van der Waals surface area contributed by atoms with Crippen LogP contribution in [0.25, 0.3) is 23.0 Å². The van der Waals surface area contributed by atoms with E-state index in [4.69, 9.17) is 14.6 Å². The summed E-state index contributed by atoms with van der Waals surface area (Å²) >= 11 is 0. The van der Waals surface area contributed by atoms with E-state index in [2.05, 4.69) is 5.32 Å². The van der Waals surface area contributed by atoms with Gasteiger partial charge in [0.25, 0.3) is 5.91 Å². The summed E-state index contributed by atoms with van der Waals surface area (Å²) in [5.74, 6) is 0.356. The summed E-state index contributed by atoms with van der Waals surface area (Å²) in [6.45, 7) is 2.93. The zero-order chi connectivity index (χ0) is 22.9. The zero-order valence-electron chi connectivity index (χ0n) is 18.5. The number of methoxy groups -OCH3 is 2. The zero-order valence-corrected chi connectivity index (χ0v) is 18.5. The van der Waals surface area contributed by atoms with Crippen molar-refractivity contribution in [3.63, 3.8) is 0 Å². The maximum atomic E-state index is 12.5. The lowest BCUT2D eigenvalue weighted by Gasteiger charge is -2.07. The number of ether oxygens (including phenoxy) is 2. The van der Waals surface area contributed by atoms with Crippen molar-refractivity contribution in [3.8, 4) is 28.8 Å². The summed E-state index contributed by atoms with van der Waals surface area (Å²) in [7, 11) is 3.24. The Hall–Kier alpha value is -3.89. The van der Waals surface area contributed by atoms with E-state index in [9.17, 15) is 10.1 Å². The lowest BCUT2D eigenvalue weighted by atomic mass is 10.0. The minimum Gasteiger partial charge on any atom is -0.496 e. The number of hydrogen-bond acceptors (Lipinski definition) is 5. The number of rotatable bonds is 9. The van der Waals surface area contributed by atoms with E-state index in [0.29, 0.717) is 30.8 Å². The Labute approximate surface area is 187 Å². The molecule has 3 rings (SSSR count). The second-order valence-electron chi connectivity index (χ2n) is 7.17. The van der Waals surface area contributed by atoms with Crippen molar-refractivity contribution in [3.05, 3.63) is 71.4 Å². The van der Waals surface area contributed by atoms with Gasteiger partial charge in [-0.1, -0.05) is 18.2 Å². The Bertz CT molecular complexity index is 1140. The molecule has 164 valence electrons. The van der Waals surface area contributed by atoms with Crippen molar-refractivity contribution in [2.24, 2.45) is 0 Å². The molecule has 0 aliphatic heterocycles. The SMILES string of the molecule is COCCCNC(=O)/C(C#N)=C/c1cn(-c2ccccc2)nc1-c1ccc(OC)c(C)c1. The van der Waals surface area contributed by atoms with Gasteiger partial charge >= 0.3 is 0 Å². The monoisotopic (exact) mass is 430 g/mol. The molecule has 0 unspecified atom stereocenters. The molecule has 0 aliphatic rings. The van der Waals surface area contributed by atoms with Crippen molar-refractivity contribution >= 4 is 12.0 Å². The summed E-state index contributed by atoms with van der Waals surface area (Å²) < 4.78 is 12.1. The number of aryl methyl sites for hydroxylation is 1. The third-order valence-electron chi connectivity index (χ3n) is 4.91. The highest BCUT2D eigenvalue weighted by Crippen LogP contribution is 2.29. The third-order valence-corrected chi connectivity index (χ3v) is 4.91. The van der Waals surface area contributed by atoms with Gasteiger partial charge in [0.05, 0.1) is 12.8 Å². The Morgan fingerprint density at radius 2 is 2.00 bits per heavy atom. The van der Waals surface area contributed by atoms with E-state index in [1.54, 1.807) is 25.0 Å². The van der Waals surface area contributed by atoms with Crippen molar-refractivity contribution in [1.82, 2.24) is 15.1 Å².